The van der Waals surface area contributed by atoms with E-state index in [0.29, 0.717) is 15.0 Å². The summed E-state index contributed by atoms with van der Waals surface area (Å²) in [6.45, 7) is 0. The van der Waals surface area contributed by atoms with Gasteiger partial charge in [0.25, 0.3) is 0 Å². The molecule has 6 heteroatoms. The fourth-order valence-electron chi connectivity index (χ4n) is 0.951. The predicted octanol–water partition coefficient (Wildman–Crippen LogP) is 3.65. The third-order valence-corrected chi connectivity index (χ3v) is 2.94. The van der Waals surface area contributed by atoms with Crippen molar-refractivity contribution in [1.29, 1.82) is 0 Å². The number of halogens is 3. The molecule has 1 aromatic heterocycles. The molecule has 0 saturated carbocycles. The van der Waals surface area contributed by atoms with Gasteiger partial charge in [-0.15, -0.1) is 10.2 Å². The van der Waals surface area contributed by atoms with E-state index in [1.54, 1.807) is 6.07 Å². The van der Waals surface area contributed by atoms with Crippen LogP contribution in [0.15, 0.2) is 18.2 Å². The summed E-state index contributed by atoms with van der Waals surface area (Å²) in [5.74, 6) is -0.476. The molecular weight excluding hydrogens is 246 g/mol. The molecule has 2 nitrogen and oxygen atoms in total. The standard InChI is InChI=1S/C8H3Cl2FN2S/c9-5-2-1-4(3-6(5)11)7-12-13-8(10)14-7/h1-3H. The first-order chi connectivity index (χ1) is 6.66. The van der Waals surface area contributed by atoms with E-state index in [9.17, 15) is 4.39 Å². The molecule has 0 aliphatic carbocycles. The van der Waals surface area contributed by atoms with Gasteiger partial charge in [0.1, 0.15) is 10.8 Å². The van der Waals surface area contributed by atoms with Crippen molar-refractivity contribution >= 4 is 34.5 Å². The third-order valence-electron chi connectivity index (χ3n) is 1.57. The van der Waals surface area contributed by atoms with Gasteiger partial charge in [-0.25, -0.2) is 4.39 Å². The molecule has 0 amide bonds. The maximum atomic E-state index is 13.1. The molecule has 0 atom stereocenters. The summed E-state index contributed by atoms with van der Waals surface area (Å²) in [5, 5.41) is 8.07. The van der Waals surface area contributed by atoms with Gasteiger partial charge in [-0.3, -0.25) is 0 Å². The highest BCUT2D eigenvalue weighted by Crippen LogP contribution is 2.28. The summed E-state index contributed by atoms with van der Waals surface area (Å²) in [5.41, 5.74) is 0.622. The van der Waals surface area contributed by atoms with E-state index in [-0.39, 0.29) is 5.02 Å². The topological polar surface area (TPSA) is 25.8 Å². The monoisotopic (exact) mass is 248 g/mol. The highest BCUT2D eigenvalue weighted by atomic mass is 35.5. The van der Waals surface area contributed by atoms with Crippen LogP contribution in [0.1, 0.15) is 0 Å². The number of hydrogen-bond donors (Lipinski definition) is 0. The second kappa shape index (κ2) is 3.81. The van der Waals surface area contributed by atoms with E-state index in [2.05, 4.69) is 10.2 Å². The highest BCUT2D eigenvalue weighted by Gasteiger charge is 2.07. The second-order valence-electron chi connectivity index (χ2n) is 2.49. The molecule has 1 aromatic carbocycles. The molecule has 0 saturated heterocycles. The van der Waals surface area contributed by atoms with Gasteiger partial charge in [-0.1, -0.05) is 29.0 Å². The maximum absolute atomic E-state index is 13.1. The minimum Gasteiger partial charge on any atom is -0.205 e. The largest absolute Gasteiger partial charge is 0.207 e. The molecule has 2 aromatic rings. The average molecular weight is 249 g/mol. The Hall–Kier alpha value is -0.710. The molecule has 1 heterocycles. The van der Waals surface area contributed by atoms with Crippen LogP contribution in [0.25, 0.3) is 10.6 Å². The number of nitrogens with zero attached hydrogens (tertiary/aromatic N) is 2. The van der Waals surface area contributed by atoms with Crippen LogP contribution in [0.5, 0.6) is 0 Å². The third kappa shape index (κ3) is 1.87. The first kappa shape index (κ1) is 9.83. The van der Waals surface area contributed by atoms with Gasteiger partial charge in [-0.2, -0.15) is 0 Å². The zero-order valence-electron chi connectivity index (χ0n) is 6.67. The Morgan fingerprint density at radius 3 is 2.57 bits per heavy atom. The molecule has 14 heavy (non-hydrogen) atoms. The Morgan fingerprint density at radius 1 is 1.21 bits per heavy atom. The first-order valence-corrected chi connectivity index (χ1v) is 5.18. The lowest BCUT2D eigenvalue weighted by Crippen LogP contribution is -1.80. The van der Waals surface area contributed by atoms with Gasteiger partial charge in [0.15, 0.2) is 0 Å². The number of hydrogen-bond acceptors (Lipinski definition) is 3. The van der Waals surface area contributed by atoms with Crippen molar-refractivity contribution in [2.24, 2.45) is 0 Å². The molecule has 0 unspecified atom stereocenters. The summed E-state index contributed by atoms with van der Waals surface area (Å²) in [6.07, 6.45) is 0. The lowest BCUT2D eigenvalue weighted by atomic mass is 10.2. The number of rotatable bonds is 1. The smallest absolute Gasteiger partial charge is 0.205 e. The van der Waals surface area contributed by atoms with Crippen LogP contribution in [0, 0.1) is 5.82 Å². The maximum Gasteiger partial charge on any atom is 0.207 e. The second-order valence-corrected chi connectivity index (χ2v) is 4.46. The van der Waals surface area contributed by atoms with Crippen molar-refractivity contribution in [2.75, 3.05) is 0 Å². The van der Waals surface area contributed by atoms with Crippen LogP contribution < -0.4 is 0 Å². The van der Waals surface area contributed by atoms with Gasteiger partial charge in [0, 0.05) is 5.56 Å². The van der Waals surface area contributed by atoms with Crippen LogP contribution in [0.4, 0.5) is 4.39 Å². The van der Waals surface area contributed by atoms with E-state index < -0.39 is 5.82 Å². The van der Waals surface area contributed by atoms with Gasteiger partial charge < -0.3 is 0 Å². The van der Waals surface area contributed by atoms with E-state index in [4.69, 9.17) is 23.2 Å². The first-order valence-electron chi connectivity index (χ1n) is 3.61. The van der Waals surface area contributed by atoms with E-state index in [0.717, 1.165) is 0 Å². The number of aromatic nitrogens is 2. The van der Waals surface area contributed by atoms with Crippen molar-refractivity contribution in [3.05, 3.63) is 33.5 Å². The Bertz CT molecular complexity index is 472. The molecule has 0 fully saturated rings. The molecule has 0 bridgehead atoms. The fraction of sp³-hybridized carbons (Fsp3) is 0. The van der Waals surface area contributed by atoms with E-state index in [1.165, 1.54) is 23.5 Å². The van der Waals surface area contributed by atoms with Gasteiger partial charge in [0.05, 0.1) is 5.02 Å². The molecule has 72 valence electrons. The van der Waals surface area contributed by atoms with Crippen molar-refractivity contribution in [1.82, 2.24) is 10.2 Å². The van der Waals surface area contributed by atoms with Crippen LogP contribution in [0.3, 0.4) is 0 Å². The molecular formula is C8H3Cl2FN2S. The minimum absolute atomic E-state index is 0.0874. The summed E-state index contributed by atoms with van der Waals surface area (Å²) in [4.78, 5) is 0. The van der Waals surface area contributed by atoms with E-state index in [1.807, 2.05) is 0 Å². The van der Waals surface area contributed by atoms with Gasteiger partial charge in [-0.05, 0) is 23.7 Å². The van der Waals surface area contributed by atoms with Gasteiger partial charge in [0.2, 0.25) is 4.47 Å². The SMILES string of the molecule is Fc1cc(-c2nnc(Cl)s2)ccc1Cl. The zero-order valence-corrected chi connectivity index (χ0v) is 9.00. The Balaban J connectivity index is 2.47. The Kier molecular flexibility index (Phi) is 2.67. The van der Waals surface area contributed by atoms with E-state index >= 15 is 0 Å². The predicted molar refractivity (Wildman–Crippen MR) is 55.3 cm³/mol. The molecule has 2 rings (SSSR count). The molecule has 0 aliphatic rings. The van der Waals surface area contributed by atoms with Crippen molar-refractivity contribution in [3.63, 3.8) is 0 Å². The number of benzene rings is 1. The van der Waals surface area contributed by atoms with Gasteiger partial charge >= 0.3 is 0 Å². The lowest BCUT2D eigenvalue weighted by Gasteiger charge is -1.96. The van der Waals surface area contributed by atoms with Crippen LogP contribution >= 0.6 is 34.5 Å². The fourth-order valence-corrected chi connectivity index (χ4v) is 1.89. The van der Waals surface area contributed by atoms with Crippen molar-refractivity contribution in [3.8, 4) is 10.6 Å². The average Bonchev–Trinajstić information content (AvgIpc) is 2.57. The van der Waals surface area contributed by atoms with Crippen LogP contribution in [-0.2, 0) is 0 Å². The summed E-state index contributed by atoms with van der Waals surface area (Å²) >= 11 is 12.3. The van der Waals surface area contributed by atoms with Crippen molar-refractivity contribution in [2.45, 2.75) is 0 Å². The van der Waals surface area contributed by atoms with Crippen molar-refractivity contribution < 1.29 is 4.39 Å². The summed E-state index contributed by atoms with van der Waals surface area (Å²) < 4.78 is 13.4. The normalized spacial score (nSPS) is 10.5. The Morgan fingerprint density at radius 2 is 2.00 bits per heavy atom. The summed E-state index contributed by atoms with van der Waals surface area (Å²) in [7, 11) is 0. The minimum atomic E-state index is -0.476. The summed E-state index contributed by atoms with van der Waals surface area (Å²) in [6, 6.07) is 4.45. The molecule has 0 radical (unpaired) electrons. The quantitative estimate of drug-likeness (QED) is 0.770. The van der Waals surface area contributed by atoms with Crippen LogP contribution in [0.2, 0.25) is 9.49 Å². The highest BCUT2D eigenvalue weighted by molar-refractivity contribution is 7.18. The molecule has 0 spiro atoms. The Labute approximate surface area is 93.3 Å². The molecule has 0 aliphatic heterocycles. The lowest BCUT2D eigenvalue weighted by molar-refractivity contribution is 0.629. The van der Waals surface area contributed by atoms with Crippen LogP contribution in [-0.4, -0.2) is 10.2 Å². The zero-order chi connectivity index (χ0) is 10.1. The molecule has 0 N–H and O–H groups in total.